The van der Waals surface area contributed by atoms with Crippen molar-refractivity contribution in [2.75, 3.05) is 0 Å². The van der Waals surface area contributed by atoms with Gasteiger partial charge in [-0.3, -0.25) is 0 Å². The highest BCUT2D eigenvalue weighted by Gasteiger charge is 2.26. The van der Waals surface area contributed by atoms with Gasteiger partial charge in [-0.25, -0.2) is 0 Å². The highest BCUT2D eigenvalue weighted by molar-refractivity contribution is 6.18. The fraction of sp³-hybridized carbons (Fsp3) is 0.118. The maximum atomic E-state index is 11.5. The minimum absolute atomic E-state index is 0.0441. The number of fused-ring (bicyclic) bond motifs is 6. The van der Waals surface area contributed by atoms with Gasteiger partial charge in [-0.05, 0) is 123 Å². The van der Waals surface area contributed by atoms with Gasteiger partial charge < -0.3 is 20.4 Å². The molecule has 188 valence electrons. The summed E-state index contributed by atoms with van der Waals surface area (Å²) in [5.74, 6) is 0.607. The largest absolute Gasteiger partial charge is 0.508 e. The van der Waals surface area contributed by atoms with Crippen LogP contribution in [0, 0.1) is 13.8 Å². The molecule has 0 fully saturated rings. The number of benzene rings is 5. The van der Waals surface area contributed by atoms with E-state index in [0.29, 0.717) is 11.1 Å². The fourth-order valence-corrected chi connectivity index (χ4v) is 6.18. The van der Waals surface area contributed by atoms with Gasteiger partial charge in [0, 0.05) is 11.1 Å². The van der Waals surface area contributed by atoms with Crippen molar-refractivity contribution in [1.29, 1.82) is 0 Å². The van der Waals surface area contributed by atoms with Crippen LogP contribution >= 0.6 is 0 Å². The Labute approximate surface area is 221 Å². The summed E-state index contributed by atoms with van der Waals surface area (Å²) in [7, 11) is 0. The van der Waals surface area contributed by atoms with Gasteiger partial charge in [0.15, 0.2) is 0 Å². The number of hydrogen-bond donors (Lipinski definition) is 4. The first kappa shape index (κ1) is 23.7. The summed E-state index contributed by atoms with van der Waals surface area (Å²) < 4.78 is 0. The topological polar surface area (TPSA) is 80.9 Å². The summed E-state index contributed by atoms with van der Waals surface area (Å²) in [5, 5.41) is 46.9. The van der Waals surface area contributed by atoms with Crippen LogP contribution in [-0.2, 0) is 12.8 Å². The molecule has 0 bridgehead atoms. The third kappa shape index (κ3) is 3.23. The molecule has 0 amide bonds. The summed E-state index contributed by atoms with van der Waals surface area (Å²) in [6.07, 6.45) is 4.94. The molecule has 4 heteroatoms. The normalized spacial score (nSPS) is 12.4. The molecule has 6 rings (SSSR count). The number of aromatic hydroxyl groups is 4. The Bertz CT molecular complexity index is 1860. The lowest BCUT2D eigenvalue weighted by atomic mass is 9.78. The average molecular weight is 501 g/mol. The van der Waals surface area contributed by atoms with Crippen molar-refractivity contribution in [3.05, 3.63) is 95.1 Å². The Morgan fingerprint density at radius 2 is 1.37 bits per heavy atom. The monoisotopic (exact) mass is 500 g/mol. The van der Waals surface area contributed by atoms with Crippen LogP contribution in [0.2, 0.25) is 0 Å². The van der Waals surface area contributed by atoms with Gasteiger partial charge in [0.1, 0.15) is 23.0 Å². The van der Waals surface area contributed by atoms with Crippen LogP contribution in [0.25, 0.3) is 56.0 Å². The molecule has 0 aliphatic heterocycles. The standard InChI is InChI=1S/C34H28O4/c1-5-19-13-22(35)14-21-7-8-24-18(4)34(38)28(16-27(24)31(19)21)33-26-10-9-23-17(3)29(36)12-11-25(23)32(26)20(6-2)15-30(33)37/h5-6,9-16,35-38H,1-2,7-8H2,3-4H3. The molecule has 1 aliphatic carbocycles. The SMILES string of the molecule is C=Cc1cc(O)cc2c1-c1cc(-c3c(O)cc(C=C)c4c3ccc3c(C)c(O)ccc34)c(O)c(C)c1CC2. The number of aryl methyl sites for hydroxylation is 2. The lowest BCUT2D eigenvalue weighted by molar-refractivity contribution is 0.466. The summed E-state index contributed by atoms with van der Waals surface area (Å²) in [6, 6.07) is 14.6. The Morgan fingerprint density at radius 1 is 0.658 bits per heavy atom. The molecular weight excluding hydrogens is 472 g/mol. The predicted octanol–water partition coefficient (Wildman–Crippen LogP) is 8.15. The zero-order valence-corrected chi connectivity index (χ0v) is 21.4. The molecule has 0 atom stereocenters. The van der Waals surface area contributed by atoms with Crippen LogP contribution in [0.4, 0.5) is 0 Å². The molecule has 5 aromatic carbocycles. The lowest BCUT2D eigenvalue weighted by Crippen LogP contribution is -2.08. The van der Waals surface area contributed by atoms with Crippen LogP contribution in [-0.4, -0.2) is 20.4 Å². The van der Waals surface area contributed by atoms with Crippen LogP contribution in [0.5, 0.6) is 23.0 Å². The van der Waals surface area contributed by atoms with Gasteiger partial charge in [0.05, 0.1) is 0 Å². The first-order valence-electron chi connectivity index (χ1n) is 12.6. The van der Waals surface area contributed by atoms with Gasteiger partial charge in [-0.2, -0.15) is 0 Å². The molecule has 0 unspecified atom stereocenters. The number of hydrogen-bond acceptors (Lipinski definition) is 4. The van der Waals surface area contributed by atoms with Crippen molar-refractivity contribution in [2.24, 2.45) is 0 Å². The molecule has 0 spiro atoms. The maximum Gasteiger partial charge on any atom is 0.126 e. The van der Waals surface area contributed by atoms with Gasteiger partial charge >= 0.3 is 0 Å². The molecule has 0 radical (unpaired) electrons. The van der Waals surface area contributed by atoms with E-state index in [1.807, 2.05) is 38.1 Å². The number of rotatable bonds is 3. The predicted molar refractivity (Wildman–Crippen MR) is 156 cm³/mol. The van der Waals surface area contributed by atoms with Gasteiger partial charge in [-0.15, -0.1) is 0 Å². The van der Waals surface area contributed by atoms with E-state index in [9.17, 15) is 20.4 Å². The van der Waals surface area contributed by atoms with E-state index < -0.39 is 0 Å². The van der Waals surface area contributed by atoms with Gasteiger partial charge in [0.25, 0.3) is 0 Å². The molecule has 5 aromatic rings. The van der Waals surface area contributed by atoms with Crippen molar-refractivity contribution in [3.63, 3.8) is 0 Å². The molecule has 4 N–H and O–H groups in total. The Hall–Kier alpha value is -4.70. The molecule has 4 nitrogen and oxygen atoms in total. The van der Waals surface area contributed by atoms with Crippen molar-refractivity contribution >= 4 is 33.7 Å². The number of phenols is 4. The molecule has 0 aromatic heterocycles. The minimum atomic E-state index is 0.0441. The molecule has 1 aliphatic rings. The van der Waals surface area contributed by atoms with E-state index in [0.717, 1.165) is 78.9 Å². The van der Waals surface area contributed by atoms with E-state index in [2.05, 4.69) is 13.2 Å². The van der Waals surface area contributed by atoms with E-state index in [1.165, 1.54) is 0 Å². The van der Waals surface area contributed by atoms with Gasteiger partial charge in [0.2, 0.25) is 0 Å². The van der Waals surface area contributed by atoms with E-state index in [4.69, 9.17) is 0 Å². The highest BCUT2D eigenvalue weighted by Crippen LogP contribution is 2.50. The molecule has 0 heterocycles. The molecule has 38 heavy (non-hydrogen) atoms. The molecular formula is C34H28O4. The zero-order chi connectivity index (χ0) is 26.9. The van der Waals surface area contributed by atoms with Gasteiger partial charge in [-0.1, -0.05) is 43.5 Å². The maximum absolute atomic E-state index is 11.5. The lowest BCUT2D eigenvalue weighted by Gasteiger charge is -2.26. The van der Waals surface area contributed by atoms with E-state index >= 15 is 0 Å². The average Bonchev–Trinajstić information content (AvgIpc) is 2.91. The van der Waals surface area contributed by atoms with Crippen LogP contribution in [0.3, 0.4) is 0 Å². The third-order valence-electron chi connectivity index (χ3n) is 8.08. The van der Waals surface area contributed by atoms with E-state index in [-0.39, 0.29) is 23.0 Å². The Balaban J connectivity index is 1.74. The second kappa shape index (κ2) is 8.42. The fourth-order valence-electron chi connectivity index (χ4n) is 6.18. The Morgan fingerprint density at radius 3 is 2.11 bits per heavy atom. The van der Waals surface area contributed by atoms with Crippen LogP contribution < -0.4 is 0 Å². The van der Waals surface area contributed by atoms with Crippen LogP contribution in [0.15, 0.2) is 61.7 Å². The summed E-state index contributed by atoms with van der Waals surface area (Å²) in [4.78, 5) is 0. The molecule has 0 saturated heterocycles. The van der Waals surface area contributed by atoms with Crippen LogP contribution in [0.1, 0.15) is 33.4 Å². The zero-order valence-electron chi connectivity index (χ0n) is 21.4. The van der Waals surface area contributed by atoms with Crippen molar-refractivity contribution < 1.29 is 20.4 Å². The smallest absolute Gasteiger partial charge is 0.126 e. The Kier molecular flexibility index (Phi) is 5.25. The minimum Gasteiger partial charge on any atom is -0.508 e. The molecule has 0 saturated carbocycles. The highest BCUT2D eigenvalue weighted by atomic mass is 16.3. The quantitative estimate of drug-likeness (QED) is 0.188. The van der Waals surface area contributed by atoms with Crippen molar-refractivity contribution in [3.8, 4) is 45.3 Å². The first-order valence-corrected chi connectivity index (χ1v) is 12.6. The van der Waals surface area contributed by atoms with Crippen molar-refractivity contribution in [1.82, 2.24) is 0 Å². The third-order valence-corrected chi connectivity index (χ3v) is 8.08. The summed E-state index contributed by atoms with van der Waals surface area (Å²) in [6.45, 7) is 11.7. The van der Waals surface area contributed by atoms with E-state index in [1.54, 1.807) is 36.4 Å². The summed E-state index contributed by atoms with van der Waals surface area (Å²) >= 11 is 0. The summed E-state index contributed by atoms with van der Waals surface area (Å²) in [5.41, 5.74) is 8.25. The first-order chi connectivity index (χ1) is 18.2. The second-order valence-electron chi connectivity index (χ2n) is 10.1. The van der Waals surface area contributed by atoms with Crippen molar-refractivity contribution in [2.45, 2.75) is 26.7 Å². The number of phenolic OH excluding ortho intramolecular Hbond substituents is 4. The second-order valence-corrected chi connectivity index (χ2v) is 10.1.